The van der Waals surface area contributed by atoms with Crippen LogP contribution in [0.4, 0.5) is 13.2 Å². The molecule has 8 heavy (non-hydrogen) atoms. The van der Waals surface area contributed by atoms with Gasteiger partial charge in [-0.15, -0.1) is 0 Å². The highest BCUT2D eigenvalue weighted by molar-refractivity contribution is 4.61. The summed E-state index contributed by atoms with van der Waals surface area (Å²) in [5.74, 6) is 0. The molecular formula is C3H9F3N2. The van der Waals surface area contributed by atoms with Gasteiger partial charge in [-0.2, -0.15) is 13.2 Å². The summed E-state index contributed by atoms with van der Waals surface area (Å²) >= 11 is 0. The highest BCUT2D eigenvalue weighted by Gasteiger charge is 2.32. The first-order valence-electron chi connectivity index (χ1n) is 1.77. The fourth-order valence-electron chi connectivity index (χ4n) is 0. The lowest BCUT2D eigenvalue weighted by Gasteiger charge is -2.07. The van der Waals surface area contributed by atoms with Gasteiger partial charge in [0.2, 0.25) is 0 Å². The van der Waals surface area contributed by atoms with Gasteiger partial charge in [-0.3, -0.25) is 0 Å². The monoisotopic (exact) mass is 130 g/mol. The quantitative estimate of drug-likeness (QED) is 0.515. The molecule has 0 amide bonds. The molecule has 0 aliphatic rings. The summed E-state index contributed by atoms with van der Waals surface area (Å²) in [6, 6.07) is -1.70. The molecule has 0 aromatic rings. The van der Waals surface area contributed by atoms with Crippen molar-refractivity contribution in [2.75, 3.05) is 0 Å². The van der Waals surface area contributed by atoms with Gasteiger partial charge in [-0.1, -0.05) is 0 Å². The molecule has 0 aliphatic heterocycles. The van der Waals surface area contributed by atoms with Crippen molar-refractivity contribution in [2.45, 2.75) is 19.1 Å². The van der Waals surface area contributed by atoms with Crippen LogP contribution in [0.25, 0.3) is 0 Å². The summed E-state index contributed by atoms with van der Waals surface area (Å²) < 4.78 is 33.2. The van der Waals surface area contributed by atoms with E-state index in [1.54, 1.807) is 0 Å². The molecule has 0 spiro atoms. The predicted octanol–water partition coefficient (Wildman–Crippen LogP) is 1.06. The summed E-state index contributed by atoms with van der Waals surface area (Å²) in [6.45, 7) is 0.903. The minimum absolute atomic E-state index is 0. The van der Waals surface area contributed by atoms with E-state index < -0.39 is 12.2 Å². The number of halogens is 3. The maximum atomic E-state index is 11.1. The molecule has 0 rings (SSSR count). The first-order chi connectivity index (χ1) is 2.94. The van der Waals surface area contributed by atoms with E-state index in [0.717, 1.165) is 6.92 Å². The van der Waals surface area contributed by atoms with Crippen LogP contribution in [0, 0.1) is 0 Å². The van der Waals surface area contributed by atoms with Crippen molar-refractivity contribution in [3.05, 3.63) is 0 Å². The zero-order valence-corrected chi connectivity index (χ0v) is 4.50. The molecule has 0 aliphatic carbocycles. The van der Waals surface area contributed by atoms with Crippen molar-refractivity contribution in [3.63, 3.8) is 0 Å². The summed E-state index contributed by atoms with van der Waals surface area (Å²) in [6.07, 6.45) is -4.22. The SMILES string of the molecule is C[C@H](N)C(F)(F)F.N. The third-order valence-corrected chi connectivity index (χ3v) is 0.516. The Hall–Kier alpha value is -0.290. The predicted molar refractivity (Wildman–Crippen MR) is 24.7 cm³/mol. The largest absolute Gasteiger partial charge is 0.403 e. The Morgan fingerprint density at radius 3 is 1.50 bits per heavy atom. The van der Waals surface area contributed by atoms with E-state index in [4.69, 9.17) is 0 Å². The minimum atomic E-state index is -4.22. The Morgan fingerprint density at radius 1 is 1.38 bits per heavy atom. The molecule has 5 heteroatoms. The molecule has 0 radical (unpaired) electrons. The number of nitrogens with two attached hydrogens (primary N) is 1. The first kappa shape index (κ1) is 10.6. The number of alkyl halides is 3. The van der Waals surface area contributed by atoms with Gasteiger partial charge >= 0.3 is 6.18 Å². The molecule has 0 fully saturated rings. The maximum absolute atomic E-state index is 11.1. The van der Waals surface area contributed by atoms with Gasteiger partial charge in [-0.25, -0.2) is 0 Å². The second-order valence-corrected chi connectivity index (χ2v) is 1.33. The first-order valence-corrected chi connectivity index (χ1v) is 1.77. The minimum Gasteiger partial charge on any atom is -0.344 e. The summed E-state index contributed by atoms with van der Waals surface area (Å²) in [5.41, 5.74) is 4.44. The van der Waals surface area contributed by atoms with Gasteiger partial charge < -0.3 is 11.9 Å². The van der Waals surface area contributed by atoms with Crippen LogP contribution in [0.5, 0.6) is 0 Å². The van der Waals surface area contributed by atoms with Crippen molar-refractivity contribution in [2.24, 2.45) is 5.73 Å². The molecule has 0 heterocycles. The molecule has 0 unspecified atom stereocenters. The van der Waals surface area contributed by atoms with Crippen molar-refractivity contribution in [1.82, 2.24) is 6.15 Å². The van der Waals surface area contributed by atoms with E-state index in [1.165, 1.54) is 0 Å². The lowest BCUT2D eigenvalue weighted by Crippen LogP contribution is -2.33. The Morgan fingerprint density at radius 2 is 1.50 bits per heavy atom. The Balaban J connectivity index is 0. The number of hydrogen-bond donors (Lipinski definition) is 2. The fraction of sp³-hybridized carbons (Fsp3) is 1.00. The summed E-state index contributed by atoms with van der Waals surface area (Å²) in [4.78, 5) is 0. The molecule has 52 valence electrons. The van der Waals surface area contributed by atoms with Gasteiger partial charge in [0, 0.05) is 0 Å². The Bertz CT molecular complexity index is 58.0. The van der Waals surface area contributed by atoms with Crippen molar-refractivity contribution >= 4 is 0 Å². The lowest BCUT2D eigenvalue weighted by atomic mass is 10.4. The van der Waals surface area contributed by atoms with Crippen LogP contribution in [0.2, 0.25) is 0 Å². The fourth-order valence-corrected chi connectivity index (χ4v) is 0. The van der Waals surface area contributed by atoms with Crippen molar-refractivity contribution in [3.8, 4) is 0 Å². The van der Waals surface area contributed by atoms with Gasteiger partial charge in [0.15, 0.2) is 0 Å². The third-order valence-electron chi connectivity index (χ3n) is 0.516. The highest BCUT2D eigenvalue weighted by atomic mass is 19.4. The molecule has 0 bridgehead atoms. The highest BCUT2D eigenvalue weighted by Crippen LogP contribution is 2.16. The smallest absolute Gasteiger partial charge is 0.344 e. The van der Waals surface area contributed by atoms with Crippen LogP contribution in [-0.2, 0) is 0 Å². The Kier molecular flexibility index (Phi) is 3.84. The summed E-state index contributed by atoms with van der Waals surface area (Å²) in [7, 11) is 0. The van der Waals surface area contributed by atoms with Crippen LogP contribution in [-0.4, -0.2) is 12.2 Å². The molecule has 0 aromatic carbocycles. The molecule has 0 aromatic heterocycles. The van der Waals surface area contributed by atoms with Gasteiger partial charge in [-0.05, 0) is 6.92 Å². The van der Waals surface area contributed by atoms with E-state index in [1.807, 2.05) is 0 Å². The normalized spacial score (nSPS) is 14.6. The number of hydrogen-bond acceptors (Lipinski definition) is 2. The van der Waals surface area contributed by atoms with E-state index in [9.17, 15) is 13.2 Å². The van der Waals surface area contributed by atoms with Gasteiger partial charge in [0.1, 0.15) is 0 Å². The summed E-state index contributed by atoms with van der Waals surface area (Å²) in [5, 5.41) is 0. The van der Waals surface area contributed by atoms with E-state index in [0.29, 0.717) is 0 Å². The molecule has 5 N–H and O–H groups in total. The molecule has 1 atom stereocenters. The van der Waals surface area contributed by atoms with Crippen molar-refractivity contribution < 1.29 is 13.2 Å². The zero-order valence-electron chi connectivity index (χ0n) is 4.50. The van der Waals surface area contributed by atoms with Crippen LogP contribution >= 0.6 is 0 Å². The average Bonchev–Trinajstić information content (AvgIpc) is 1.31. The second kappa shape index (κ2) is 2.88. The maximum Gasteiger partial charge on any atom is 0.403 e. The van der Waals surface area contributed by atoms with Gasteiger partial charge in [0.25, 0.3) is 0 Å². The van der Waals surface area contributed by atoms with E-state index >= 15 is 0 Å². The average molecular weight is 130 g/mol. The molecule has 0 saturated heterocycles. The third kappa shape index (κ3) is 3.89. The van der Waals surface area contributed by atoms with Crippen molar-refractivity contribution in [1.29, 1.82) is 0 Å². The Labute approximate surface area is 45.4 Å². The number of rotatable bonds is 0. The lowest BCUT2D eigenvalue weighted by molar-refractivity contribution is -0.143. The van der Waals surface area contributed by atoms with E-state index in [-0.39, 0.29) is 6.15 Å². The zero-order chi connectivity index (χ0) is 6.08. The topological polar surface area (TPSA) is 61.0 Å². The standard InChI is InChI=1S/C3H6F3N.H3N/c1-2(7)3(4,5)6;/h2H,7H2,1H3;1H3/t2-;/m0./s1. The van der Waals surface area contributed by atoms with Gasteiger partial charge in [0.05, 0.1) is 6.04 Å². The van der Waals surface area contributed by atoms with Crippen LogP contribution in [0.1, 0.15) is 6.92 Å². The molecular weight excluding hydrogens is 121 g/mol. The molecule has 0 saturated carbocycles. The second-order valence-electron chi connectivity index (χ2n) is 1.33. The van der Waals surface area contributed by atoms with Crippen LogP contribution < -0.4 is 11.9 Å². The molecule has 2 nitrogen and oxygen atoms in total. The van der Waals surface area contributed by atoms with Crippen LogP contribution in [0.15, 0.2) is 0 Å². The van der Waals surface area contributed by atoms with Crippen LogP contribution in [0.3, 0.4) is 0 Å². The van der Waals surface area contributed by atoms with E-state index in [2.05, 4.69) is 5.73 Å².